The summed E-state index contributed by atoms with van der Waals surface area (Å²) in [7, 11) is 1.59. The third-order valence-electron chi connectivity index (χ3n) is 7.24. The van der Waals surface area contributed by atoms with Crippen LogP contribution >= 0.6 is 11.3 Å². The van der Waals surface area contributed by atoms with Crippen molar-refractivity contribution >= 4 is 44.8 Å². The average molecular weight is 595 g/mol. The zero-order chi connectivity index (χ0) is 29.3. The van der Waals surface area contributed by atoms with Crippen molar-refractivity contribution in [3.05, 3.63) is 59.6 Å². The molecule has 0 spiro atoms. The Balaban J connectivity index is 1.21. The predicted molar refractivity (Wildman–Crippen MR) is 161 cm³/mol. The van der Waals surface area contributed by atoms with E-state index in [4.69, 9.17) is 9.47 Å². The summed E-state index contributed by atoms with van der Waals surface area (Å²) in [6.07, 6.45) is 8.39. The van der Waals surface area contributed by atoms with Gasteiger partial charge in [0.25, 0.3) is 0 Å². The van der Waals surface area contributed by atoms with Crippen LogP contribution in [0.3, 0.4) is 0 Å². The van der Waals surface area contributed by atoms with E-state index in [1.807, 2.05) is 12.1 Å². The Kier molecular flexibility index (Phi) is 10.1. The molecular formula is C30H35FN6O4S. The number of hydrogen-bond acceptors (Lipinski definition) is 10. The van der Waals surface area contributed by atoms with E-state index in [0.717, 1.165) is 37.7 Å². The van der Waals surface area contributed by atoms with Gasteiger partial charge in [-0.25, -0.2) is 19.3 Å². The number of likely N-dealkylation sites (tertiary alicyclic amines) is 1. The minimum atomic E-state index is -0.484. The molecule has 0 bridgehead atoms. The lowest BCUT2D eigenvalue weighted by atomic mass is 9.99. The first-order chi connectivity index (χ1) is 20.5. The molecule has 0 radical (unpaired) electrons. The van der Waals surface area contributed by atoms with E-state index in [0.29, 0.717) is 45.5 Å². The molecule has 1 saturated heterocycles. The Labute approximate surface area is 247 Å². The van der Waals surface area contributed by atoms with Gasteiger partial charge in [0.2, 0.25) is 5.91 Å². The number of carbonyl (C=O) groups is 1. The van der Waals surface area contributed by atoms with Crippen molar-refractivity contribution in [3.63, 3.8) is 0 Å². The van der Waals surface area contributed by atoms with Crippen LogP contribution in [0.15, 0.2) is 48.9 Å². The fourth-order valence-corrected chi connectivity index (χ4v) is 5.99. The number of amides is 1. The number of aliphatic hydroxyl groups is 1. The molecule has 3 heterocycles. The second kappa shape index (κ2) is 14.3. The smallest absolute Gasteiger partial charge is 0.229 e. The number of aliphatic hydroxyl groups excluding tert-OH is 1. The Bertz CT molecular complexity index is 1500. The number of aromatic nitrogens is 3. The number of halogens is 1. The van der Waals surface area contributed by atoms with Gasteiger partial charge in [-0.05, 0) is 50.4 Å². The summed E-state index contributed by atoms with van der Waals surface area (Å²) in [6, 6.07) is 10.2. The van der Waals surface area contributed by atoms with Gasteiger partial charge in [-0.15, -0.1) is 11.3 Å². The SMILES string of the molecule is COc1cc2c(Nc3ncc(CC(=O)Nc4ccccc4F)s3)ncnc2cc1OCCCN1CCCCC1CCO. The van der Waals surface area contributed by atoms with Crippen LogP contribution in [0.2, 0.25) is 0 Å². The van der Waals surface area contributed by atoms with E-state index >= 15 is 0 Å². The molecule has 2 aromatic heterocycles. The minimum absolute atomic E-state index is 0.0621. The van der Waals surface area contributed by atoms with Gasteiger partial charge in [-0.2, -0.15) is 0 Å². The lowest BCUT2D eigenvalue weighted by molar-refractivity contribution is -0.115. The molecule has 3 N–H and O–H groups in total. The molecule has 42 heavy (non-hydrogen) atoms. The number of benzene rings is 2. The summed E-state index contributed by atoms with van der Waals surface area (Å²) < 4.78 is 25.6. The van der Waals surface area contributed by atoms with Crippen LogP contribution in [-0.2, 0) is 11.2 Å². The molecule has 5 rings (SSSR count). The molecule has 10 nitrogen and oxygen atoms in total. The molecule has 1 unspecified atom stereocenters. The van der Waals surface area contributed by atoms with Crippen molar-refractivity contribution in [1.82, 2.24) is 19.9 Å². The molecule has 0 saturated carbocycles. The predicted octanol–water partition coefficient (Wildman–Crippen LogP) is 5.16. The molecular weight excluding hydrogens is 559 g/mol. The summed E-state index contributed by atoms with van der Waals surface area (Å²) >= 11 is 1.31. The van der Waals surface area contributed by atoms with Crippen molar-refractivity contribution in [1.29, 1.82) is 0 Å². The summed E-state index contributed by atoms with van der Waals surface area (Å²) in [5.74, 6) is 0.906. The molecule has 222 valence electrons. The number of piperidine rings is 1. The number of fused-ring (bicyclic) bond motifs is 1. The molecule has 12 heteroatoms. The summed E-state index contributed by atoms with van der Waals surface area (Å²) in [5, 5.41) is 16.5. The topological polar surface area (TPSA) is 122 Å². The van der Waals surface area contributed by atoms with Gasteiger partial charge in [0.05, 0.1) is 31.3 Å². The quantitative estimate of drug-likeness (QED) is 0.180. The number of hydrogen-bond donors (Lipinski definition) is 3. The number of para-hydroxylation sites is 1. The molecule has 0 aliphatic carbocycles. The maximum atomic E-state index is 13.9. The van der Waals surface area contributed by atoms with E-state index < -0.39 is 5.82 Å². The van der Waals surface area contributed by atoms with Gasteiger partial charge >= 0.3 is 0 Å². The number of ether oxygens (including phenoxy) is 2. The van der Waals surface area contributed by atoms with Gasteiger partial charge in [-0.3, -0.25) is 4.79 Å². The third-order valence-corrected chi connectivity index (χ3v) is 8.15. The largest absolute Gasteiger partial charge is 0.493 e. The zero-order valence-corrected chi connectivity index (χ0v) is 24.3. The molecule has 2 aromatic carbocycles. The van der Waals surface area contributed by atoms with Gasteiger partial charge in [0, 0.05) is 41.7 Å². The first kappa shape index (κ1) is 29.6. The van der Waals surface area contributed by atoms with Crippen LogP contribution in [0.4, 0.5) is 21.0 Å². The highest BCUT2D eigenvalue weighted by Crippen LogP contribution is 2.35. The van der Waals surface area contributed by atoms with Gasteiger partial charge in [-0.1, -0.05) is 18.6 Å². The minimum Gasteiger partial charge on any atom is -0.493 e. The maximum Gasteiger partial charge on any atom is 0.229 e. The first-order valence-corrected chi connectivity index (χ1v) is 14.9. The normalized spacial score (nSPS) is 15.5. The highest BCUT2D eigenvalue weighted by atomic mass is 32.1. The Morgan fingerprint density at radius 2 is 2.07 bits per heavy atom. The van der Waals surface area contributed by atoms with Crippen molar-refractivity contribution in [2.45, 2.75) is 44.6 Å². The number of anilines is 3. The number of methoxy groups -OCH3 is 1. The molecule has 1 aliphatic heterocycles. The van der Waals surface area contributed by atoms with E-state index in [9.17, 15) is 14.3 Å². The fraction of sp³-hybridized carbons (Fsp3) is 0.400. The number of nitrogens with one attached hydrogen (secondary N) is 2. The van der Waals surface area contributed by atoms with Crippen LogP contribution in [0, 0.1) is 5.82 Å². The number of thiazole rings is 1. The molecule has 1 amide bonds. The highest BCUT2D eigenvalue weighted by Gasteiger charge is 2.21. The summed E-state index contributed by atoms with van der Waals surface area (Å²) in [4.78, 5) is 28.8. The second-order valence-electron chi connectivity index (χ2n) is 10.1. The standard InChI is InChI=1S/C30H35FN6O4S/c1-40-26-16-22-25(17-27(26)41-14-6-12-37-11-5-4-7-20(37)10-13-38)33-19-34-29(22)36-30-32-18-21(42-30)15-28(39)35-24-9-3-2-8-23(24)31/h2-3,8-9,16-20,38H,4-7,10-15H2,1H3,(H,35,39)(H,32,33,34,36). The van der Waals surface area contributed by atoms with Crippen LogP contribution in [0.25, 0.3) is 10.9 Å². The van der Waals surface area contributed by atoms with Gasteiger partial charge < -0.3 is 30.1 Å². The molecule has 1 aliphatic rings. The van der Waals surface area contributed by atoms with E-state index in [1.54, 1.807) is 25.4 Å². The summed E-state index contributed by atoms with van der Waals surface area (Å²) in [6.45, 7) is 2.75. The van der Waals surface area contributed by atoms with Crippen molar-refractivity contribution in [2.24, 2.45) is 0 Å². The molecule has 4 aromatic rings. The maximum absolute atomic E-state index is 13.9. The molecule has 1 atom stereocenters. The van der Waals surface area contributed by atoms with Crippen LogP contribution in [-0.4, -0.2) is 70.3 Å². The van der Waals surface area contributed by atoms with E-state index in [1.165, 1.54) is 42.6 Å². The monoisotopic (exact) mass is 594 g/mol. The van der Waals surface area contributed by atoms with Gasteiger partial charge in [0.15, 0.2) is 16.6 Å². The number of carbonyl (C=O) groups excluding carboxylic acids is 1. The van der Waals surface area contributed by atoms with Crippen LogP contribution in [0.1, 0.15) is 37.0 Å². The Morgan fingerprint density at radius 3 is 2.90 bits per heavy atom. The van der Waals surface area contributed by atoms with E-state index in [2.05, 4.69) is 30.5 Å². The fourth-order valence-electron chi connectivity index (χ4n) is 5.18. The lowest BCUT2D eigenvalue weighted by Crippen LogP contribution is -2.40. The molecule has 1 fully saturated rings. The first-order valence-electron chi connectivity index (χ1n) is 14.1. The van der Waals surface area contributed by atoms with Gasteiger partial charge in [0.1, 0.15) is 18.0 Å². The average Bonchev–Trinajstić information content (AvgIpc) is 3.43. The summed E-state index contributed by atoms with van der Waals surface area (Å²) in [5.41, 5.74) is 0.826. The lowest BCUT2D eigenvalue weighted by Gasteiger charge is -2.35. The number of rotatable bonds is 13. The van der Waals surface area contributed by atoms with Crippen LogP contribution in [0.5, 0.6) is 11.5 Å². The van der Waals surface area contributed by atoms with Crippen molar-refractivity contribution in [2.75, 3.05) is 44.0 Å². The zero-order valence-electron chi connectivity index (χ0n) is 23.5. The Hall–Kier alpha value is -3.87. The van der Waals surface area contributed by atoms with Crippen molar-refractivity contribution in [3.8, 4) is 11.5 Å². The second-order valence-corrected chi connectivity index (χ2v) is 11.2. The van der Waals surface area contributed by atoms with E-state index in [-0.39, 0.29) is 24.6 Å². The Morgan fingerprint density at radius 1 is 1.19 bits per heavy atom. The van der Waals surface area contributed by atoms with Crippen LogP contribution < -0.4 is 20.1 Å². The number of nitrogens with zero attached hydrogens (tertiary/aromatic N) is 4. The van der Waals surface area contributed by atoms with Crippen molar-refractivity contribution < 1.29 is 23.8 Å². The third kappa shape index (κ3) is 7.50. The highest BCUT2D eigenvalue weighted by molar-refractivity contribution is 7.15.